The Bertz CT molecular complexity index is 217. The number of hydrogen-bond donors (Lipinski definition) is 2. The molecule has 1 saturated carbocycles. The molecule has 0 bridgehead atoms. The van der Waals surface area contributed by atoms with E-state index >= 15 is 0 Å². The molecule has 0 aromatic heterocycles. The van der Waals surface area contributed by atoms with Crippen molar-refractivity contribution in [2.75, 3.05) is 20.1 Å². The lowest BCUT2D eigenvalue weighted by molar-refractivity contribution is -0.125. The Morgan fingerprint density at radius 1 is 1.27 bits per heavy atom. The first kappa shape index (κ1) is 12.8. The number of hydrogen-bond acceptors (Lipinski definition) is 2. The second kappa shape index (κ2) is 5.71. The SMILES string of the molecule is CNC(=O)[C@@H]1CNC[C@H]1C1CCCC1.Cl. The zero-order valence-corrected chi connectivity index (χ0v) is 10.1. The van der Waals surface area contributed by atoms with Crippen LogP contribution in [0.3, 0.4) is 0 Å². The summed E-state index contributed by atoms with van der Waals surface area (Å²) in [6.45, 7) is 1.92. The fourth-order valence-corrected chi connectivity index (χ4v) is 3.05. The highest BCUT2D eigenvalue weighted by molar-refractivity contribution is 5.85. The smallest absolute Gasteiger partial charge is 0.224 e. The number of rotatable bonds is 2. The van der Waals surface area contributed by atoms with E-state index in [4.69, 9.17) is 0 Å². The highest BCUT2D eigenvalue weighted by Crippen LogP contribution is 2.36. The topological polar surface area (TPSA) is 41.1 Å². The number of amides is 1. The Morgan fingerprint density at radius 2 is 1.93 bits per heavy atom. The highest BCUT2D eigenvalue weighted by atomic mass is 35.5. The first-order valence-corrected chi connectivity index (χ1v) is 5.75. The van der Waals surface area contributed by atoms with Crippen LogP contribution in [0.2, 0.25) is 0 Å². The van der Waals surface area contributed by atoms with Crippen molar-refractivity contribution in [2.45, 2.75) is 25.7 Å². The van der Waals surface area contributed by atoms with Crippen molar-refractivity contribution in [3.05, 3.63) is 0 Å². The molecule has 0 radical (unpaired) electrons. The molecule has 15 heavy (non-hydrogen) atoms. The van der Waals surface area contributed by atoms with Gasteiger partial charge >= 0.3 is 0 Å². The minimum absolute atomic E-state index is 0. The van der Waals surface area contributed by atoms with Crippen molar-refractivity contribution in [1.82, 2.24) is 10.6 Å². The van der Waals surface area contributed by atoms with Gasteiger partial charge in [-0.2, -0.15) is 0 Å². The molecule has 2 aliphatic rings. The quantitative estimate of drug-likeness (QED) is 0.751. The molecule has 0 spiro atoms. The summed E-state index contributed by atoms with van der Waals surface area (Å²) >= 11 is 0. The monoisotopic (exact) mass is 232 g/mol. The molecule has 88 valence electrons. The van der Waals surface area contributed by atoms with Gasteiger partial charge in [-0.15, -0.1) is 12.4 Å². The van der Waals surface area contributed by atoms with E-state index in [1.54, 1.807) is 7.05 Å². The Kier molecular flexibility index (Phi) is 4.87. The molecule has 2 atom stereocenters. The fourth-order valence-electron chi connectivity index (χ4n) is 3.05. The van der Waals surface area contributed by atoms with E-state index in [0.29, 0.717) is 5.92 Å². The zero-order valence-electron chi connectivity index (χ0n) is 9.29. The number of carbonyl (C=O) groups excluding carboxylic acids is 1. The summed E-state index contributed by atoms with van der Waals surface area (Å²) in [5.74, 6) is 1.85. The zero-order chi connectivity index (χ0) is 9.97. The van der Waals surface area contributed by atoms with E-state index in [0.717, 1.165) is 19.0 Å². The van der Waals surface area contributed by atoms with Gasteiger partial charge in [0, 0.05) is 13.6 Å². The number of halogens is 1. The first-order chi connectivity index (χ1) is 6.83. The molecule has 2 rings (SSSR count). The van der Waals surface area contributed by atoms with E-state index in [-0.39, 0.29) is 24.2 Å². The Morgan fingerprint density at radius 3 is 2.53 bits per heavy atom. The van der Waals surface area contributed by atoms with Gasteiger partial charge in [0.2, 0.25) is 5.91 Å². The summed E-state index contributed by atoms with van der Waals surface area (Å²) in [4.78, 5) is 11.6. The molecular formula is C11H21ClN2O. The van der Waals surface area contributed by atoms with E-state index in [1.165, 1.54) is 25.7 Å². The average Bonchev–Trinajstić information content (AvgIpc) is 2.85. The molecule has 4 heteroatoms. The second-order valence-corrected chi connectivity index (χ2v) is 4.59. The van der Waals surface area contributed by atoms with Crippen LogP contribution in [0.1, 0.15) is 25.7 Å². The maximum absolute atomic E-state index is 11.6. The molecule has 0 unspecified atom stereocenters. The van der Waals surface area contributed by atoms with Crippen molar-refractivity contribution in [3.8, 4) is 0 Å². The molecule has 2 N–H and O–H groups in total. The van der Waals surface area contributed by atoms with Crippen molar-refractivity contribution < 1.29 is 4.79 Å². The minimum atomic E-state index is 0. The molecule has 1 heterocycles. The van der Waals surface area contributed by atoms with Gasteiger partial charge in [-0.3, -0.25) is 4.79 Å². The predicted octanol–water partition coefficient (Wildman–Crippen LogP) is 1.18. The van der Waals surface area contributed by atoms with Crippen LogP contribution in [0.15, 0.2) is 0 Å². The van der Waals surface area contributed by atoms with Crippen LogP contribution in [-0.4, -0.2) is 26.0 Å². The molecule has 1 aliphatic heterocycles. The maximum Gasteiger partial charge on any atom is 0.224 e. The van der Waals surface area contributed by atoms with Crippen LogP contribution < -0.4 is 10.6 Å². The van der Waals surface area contributed by atoms with Gasteiger partial charge in [-0.1, -0.05) is 25.7 Å². The van der Waals surface area contributed by atoms with Crippen LogP contribution in [0, 0.1) is 17.8 Å². The Labute approximate surface area is 97.8 Å². The summed E-state index contributed by atoms with van der Waals surface area (Å²) in [6.07, 6.45) is 5.39. The lowest BCUT2D eigenvalue weighted by Gasteiger charge is -2.22. The number of carbonyl (C=O) groups is 1. The van der Waals surface area contributed by atoms with Crippen LogP contribution in [0.25, 0.3) is 0 Å². The molecule has 0 aromatic rings. The molecule has 1 aliphatic carbocycles. The number of nitrogens with one attached hydrogen (secondary N) is 2. The summed E-state index contributed by atoms with van der Waals surface area (Å²) in [6, 6.07) is 0. The van der Waals surface area contributed by atoms with Gasteiger partial charge in [-0.05, 0) is 18.4 Å². The highest BCUT2D eigenvalue weighted by Gasteiger charge is 2.38. The molecule has 0 aromatic carbocycles. The van der Waals surface area contributed by atoms with Crippen LogP contribution in [0.4, 0.5) is 0 Å². The van der Waals surface area contributed by atoms with Crippen LogP contribution >= 0.6 is 12.4 Å². The summed E-state index contributed by atoms with van der Waals surface area (Å²) < 4.78 is 0. The van der Waals surface area contributed by atoms with Gasteiger partial charge in [0.15, 0.2) is 0 Å². The summed E-state index contributed by atoms with van der Waals surface area (Å²) in [5, 5.41) is 6.14. The molecule has 1 amide bonds. The van der Waals surface area contributed by atoms with Crippen LogP contribution in [0.5, 0.6) is 0 Å². The largest absolute Gasteiger partial charge is 0.359 e. The third-order valence-electron chi connectivity index (χ3n) is 3.85. The van der Waals surface area contributed by atoms with Gasteiger partial charge in [-0.25, -0.2) is 0 Å². The maximum atomic E-state index is 11.6. The second-order valence-electron chi connectivity index (χ2n) is 4.59. The minimum Gasteiger partial charge on any atom is -0.359 e. The molecule has 3 nitrogen and oxygen atoms in total. The van der Waals surface area contributed by atoms with Gasteiger partial charge in [0.1, 0.15) is 0 Å². The molecule has 1 saturated heterocycles. The van der Waals surface area contributed by atoms with E-state index in [9.17, 15) is 4.79 Å². The fraction of sp³-hybridized carbons (Fsp3) is 0.909. The lowest BCUT2D eigenvalue weighted by atomic mass is 9.82. The van der Waals surface area contributed by atoms with Gasteiger partial charge in [0.25, 0.3) is 0 Å². The lowest BCUT2D eigenvalue weighted by Crippen LogP contribution is -2.34. The van der Waals surface area contributed by atoms with Crippen molar-refractivity contribution in [3.63, 3.8) is 0 Å². The van der Waals surface area contributed by atoms with Crippen molar-refractivity contribution in [2.24, 2.45) is 17.8 Å². The predicted molar refractivity (Wildman–Crippen MR) is 63.1 cm³/mol. The third-order valence-corrected chi connectivity index (χ3v) is 3.85. The van der Waals surface area contributed by atoms with Crippen molar-refractivity contribution >= 4 is 18.3 Å². The van der Waals surface area contributed by atoms with E-state index < -0.39 is 0 Å². The van der Waals surface area contributed by atoms with E-state index in [1.807, 2.05) is 0 Å². The Hall–Kier alpha value is -0.280. The first-order valence-electron chi connectivity index (χ1n) is 5.75. The van der Waals surface area contributed by atoms with Crippen molar-refractivity contribution in [1.29, 1.82) is 0 Å². The van der Waals surface area contributed by atoms with Gasteiger partial charge < -0.3 is 10.6 Å². The Balaban J connectivity index is 0.00000112. The normalized spacial score (nSPS) is 31.3. The molecule has 2 fully saturated rings. The molecular weight excluding hydrogens is 212 g/mol. The summed E-state index contributed by atoms with van der Waals surface area (Å²) in [7, 11) is 1.74. The van der Waals surface area contributed by atoms with Crippen LogP contribution in [-0.2, 0) is 4.79 Å². The summed E-state index contributed by atoms with van der Waals surface area (Å²) in [5.41, 5.74) is 0. The van der Waals surface area contributed by atoms with E-state index in [2.05, 4.69) is 10.6 Å². The third kappa shape index (κ3) is 2.64. The standard InChI is InChI=1S/C11H20N2O.ClH/c1-12-11(14)10-7-13-6-9(10)8-4-2-3-5-8;/h8-10,13H,2-7H2,1H3,(H,12,14);1H/t9-,10+;/m0./s1. The van der Waals surface area contributed by atoms with Gasteiger partial charge in [0.05, 0.1) is 5.92 Å². The average molecular weight is 233 g/mol.